The summed E-state index contributed by atoms with van der Waals surface area (Å²) in [5, 5.41) is 0. The fourth-order valence-corrected chi connectivity index (χ4v) is 7.69. The zero-order valence-electron chi connectivity index (χ0n) is 40.9. The Bertz CT molecular complexity index is 1190. The second-order valence-electron chi connectivity index (χ2n) is 18.2. The van der Waals surface area contributed by atoms with E-state index in [-0.39, 0.29) is 32.0 Å². The standard InChI is InChI=1S/C52H96NO8P/c1-6-8-10-12-14-16-18-20-22-24-26-28-30-32-34-36-38-40-42-44-51(54)58-48-50(49-60-62(56,57)59-47-46-53(3,4)5)61-52(55)45-43-41-39-37-35-33-31-29-27-25-23-21-19-17-15-13-11-9-7-2/h9,11,15,17,21,23,27,29,50H,6-8,10,12-14,16,18-20,22,24-26,28,30-49H2,1-5H3/p+1/b11-9-,17-15-,23-21-,29-27-. The van der Waals surface area contributed by atoms with Crippen LogP contribution in [0.5, 0.6) is 0 Å². The molecule has 2 unspecified atom stereocenters. The average molecular weight is 895 g/mol. The number of likely N-dealkylation sites (N-methyl/N-ethyl adjacent to an activating group) is 1. The van der Waals surface area contributed by atoms with E-state index in [9.17, 15) is 19.0 Å². The van der Waals surface area contributed by atoms with Crippen molar-refractivity contribution in [3.63, 3.8) is 0 Å². The average Bonchev–Trinajstić information content (AvgIpc) is 3.23. The fraction of sp³-hybridized carbons (Fsp3) is 0.808. The Balaban J connectivity index is 4.27. The van der Waals surface area contributed by atoms with Crippen molar-refractivity contribution in [3.8, 4) is 0 Å². The number of quaternary nitrogens is 1. The number of allylic oxidation sites excluding steroid dienone is 8. The lowest BCUT2D eigenvalue weighted by atomic mass is 10.0. The number of esters is 2. The molecule has 0 rings (SSSR count). The van der Waals surface area contributed by atoms with Crippen LogP contribution in [0.4, 0.5) is 0 Å². The van der Waals surface area contributed by atoms with Gasteiger partial charge in [-0.05, 0) is 51.4 Å². The number of phosphoric ester groups is 1. The third kappa shape index (κ3) is 47.4. The highest BCUT2D eigenvalue weighted by Gasteiger charge is 2.27. The topological polar surface area (TPSA) is 108 Å². The molecule has 0 amide bonds. The summed E-state index contributed by atoms with van der Waals surface area (Å²) in [6, 6.07) is 0. The van der Waals surface area contributed by atoms with E-state index in [1.54, 1.807) is 0 Å². The lowest BCUT2D eigenvalue weighted by molar-refractivity contribution is -0.870. The van der Waals surface area contributed by atoms with Crippen LogP contribution < -0.4 is 0 Å². The number of hydrogen-bond acceptors (Lipinski definition) is 7. The van der Waals surface area contributed by atoms with E-state index >= 15 is 0 Å². The van der Waals surface area contributed by atoms with Gasteiger partial charge in [-0.1, -0.05) is 204 Å². The summed E-state index contributed by atoms with van der Waals surface area (Å²) in [4.78, 5) is 35.5. The monoisotopic (exact) mass is 895 g/mol. The van der Waals surface area contributed by atoms with Crippen molar-refractivity contribution in [2.75, 3.05) is 47.5 Å². The number of unbranched alkanes of at least 4 members (excludes halogenated alkanes) is 24. The highest BCUT2D eigenvalue weighted by molar-refractivity contribution is 7.47. The highest BCUT2D eigenvalue weighted by Crippen LogP contribution is 2.43. The minimum Gasteiger partial charge on any atom is -0.462 e. The summed E-state index contributed by atoms with van der Waals surface area (Å²) < 4.78 is 34.4. The fourth-order valence-electron chi connectivity index (χ4n) is 6.95. The van der Waals surface area contributed by atoms with Gasteiger partial charge in [0.05, 0.1) is 27.7 Å². The molecule has 0 heterocycles. The predicted molar refractivity (Wildman–Crippen MR) is 261 cm³/mol. The van der Waals surface area contributed by atoms with Crippen LogP contribution in [0.2, 0.25) is 0 Å². The molecule has 0 fully saturated rings. The van der Waals surface area contributed by atoms with Gasteiger partial charge in [0, 0.05) is 12.8 Å². The van der Waals surface area contributed by atoms with Crippen molar-refractivity contribution in [1.29, 1.82) is 0 Å². The van der Waals surface area contributed by atoms with Gasteiger partial charge >= 0.3 is 19.8 Å². The lowest BCUT2D eigenvalue weighted by Gasteiger charge is -2.24. The number of phosphoric acid groups is 1. The molecule has 0 saturated carbocycles. The summed E-state index contributed by atoms with van der Waals surface area (Å²) in [5.74, 6) is -0.807. The maximum atomic E-state index is 12.7. The number of carbonyl (C=O) groups excluding carboxylic acids is 2. The van der Waals surface area contributed by atoms with Gasteiger partial charge < -0.3 is 18.9 Å². The minimum atomic E-state index is -4.38. The number of ether oxygens (including phenoxy) is 2. The second-order valence-corrected chi connectivity index (χ2v) is 19.6. The largest absolute Gasteiger partial charge is 0.472 e. The molecule has 0 bridgehead atoms. The first kappa shape index (κ1) is 60.0. The Morgan fingerprint density at radius 1 is 0.516 bits per heavy atom. The number of hydrogen-bond donors (Lipinski definition) is 1. The van der Waals surface area contributed by atoms with Crippen LogP contribution in [0.3, 0.4) is 0 Å². The first-order valence-electron chi connectivity index (χ1n) is 25.4. The van der Waals surface area contributed by atoms with Gasteiger partial charge in [0.15, 0.2) is 6.10 Å². The Labute approximate surface area is 382 Å². The first-order chi connectivity index (χ1) is 30.0. The van der Waals surface area contributed by atoms with Gasteiger partial charge in [-0.25, -0.2) is 4.57 Å². The molecule has 0 saturated heterocycles. The summed E-state index contributed by atoms with van der Waals surface area (Å²) in [6.07, 6.45) is 53.0. The Kier molecular flexibility index (Phi) is 42.7. The molecule has 0 aromatic carbocycles. The summed E-state index contributed by atoms with van der Waals surface area (Å²) in [6.45, 7) is 4.32. The normalized spacial score (nSPS) is 13.8. The van der Waals surface area contributed by atoms with E-state index in [1.807, 2.05) is 21.1 Å². The van der Waals surface area contributed by atoms with E-state index in [0.717, 1.165) is 83.5 Å². The molecule has 0 spiro atoms. The van der Waals surface area contributed by atoms with E-state index in [2.05, 4.69) is 62.5 Å². The van der Waals surface area contributed by atoms with Crippen molar-refractivity contribution >= 4 is 19.8 Å². The van der Waals surface area contributed by atoms with Crippen LogP contribution in [0.15, 0.2) is 48.6 Å². The molecule has 0 aromatic rings. The van der Waals surface area contributed by atoms with E-state index in [0.29, 0.717) is 17.4 Å². The molecule has 62 heavy (non-hydrogen) atoms. The van der Waals surface area contributed by atoms with Crippen LogP contribution in [0.1, 0.15) is 219 Å². The van der Waals surface area contributed by atoms with Crippen LogP contribution in [-0.2, 0) is 32.7 Å². The van der Waals surface area contributed by atoms with E-state index in [1.165, 1.54) is 103 Å². The molecular weight excluding hydrogens is 798 g/mol. The van der Waals surface area contributed by atoms with Gasteiger partial charge in [0.2, 0.25) is 0 Å². The summed E-state index contributed by atoms with van der Waals surface area (Å²) in [7, 11) is 1.47. The first-order valence-corrected chi connectivity index (χ1v) is 26.9. The van der Waals surface area contributed by atoms with Gasteiger partial charge in [-0.2, -0.15) is 0 Å². The second kappa shape index (κ2) is 44.2. The third-order valence-electron chi connectivity index (χ3n) is 10.9. The van der Waals surface area contributed by atoms with Gasteiger partial charge in [-0.3, -0.25) is 18.6 Å². The smallest absolute Gasteiger partial charge is 0.462 e. The quantitative estimate of drug-likeness (QED) is 0.0212. The Hall–Kier alpha value is -2.03. The summed E-state index contributed by atoms with van der Waals surface area (Å²) in [5.41, 5.74) is 0. The SMILES string of the molecule is CC/C=C\C/C=C\C/C=C\C/C=C\CCCCCCCCC(=O)OC(COC(=O)CCCCCCCCCCCCCCCCCCCCC)COP(=O)(O)OCC[N+](C)(C)C. The van der Waals surface area contributed by atoms with Crippen LogP contribution in [0, 0.1) is 0 Å². The molecular formula is C52H97NO8P+. The number of carbonyl (C=O) groups is 2. The molecule has 9 nitrogen and oxygen atoms in total. The maximum Gasteiger partial charge on any atom is 0.472 e. The molecule has 0 aliphatic heterocycles. The van der Waals surface area contributed by atoms with Crippen molar-refractivity contribution in [2.45, 2.75) is 225 Å². The lowest BCUT2D eigenvalue weighted by Crippen LogP contribution is -2.37. The van der Waals surface area contributed by atoms with E-state index < -0.39 is 26.5 Å². The Morgan fingerprint density at radius 2 is 0.919 bits per heavy atom. The zero-order chi connectivity index (χ0) is 45.7. The van der Waals surface area contributed by atoms with Crippen LogP contribution in [-0.4, -0.2) is 74.9 Å². The van der Waals surface area contributed by atoms with Crippen LogP contribution >= 0.6 is 7.82 Å². The predicted octanol–water partition coefficient (Wildman–Crippen LogP) is 15.0. The molecule has 0 aromatic heterocycles. The van der Waals surface area contributed by atoms with Crippen molar-refractivity contribution < 1.29 is 42.1 Å². The summed E-state index contributed by atoms with van der Waals surface area (Å²) >= 11 is 0. The molecule has 0 aliphatic rings. The third-order valence-corrected chi connectivity index (χ3v) is 11.9. The molecule has 10 heteroatoms. The highest BCUT2D eigenvalue weighted by atomic mass is 31.2. The van der Waals surface area contributed by atoms with Gasteiger partial charge in [0.1, 0.15) is 19.8 Å². The van der Waals surface area contributed by atoms with Crippen molar-refractivity contribution in [1.82, 2.24) is 0 Å². The molecule has 1 N–H and O–H groups in total. The molecule has 362 valence electrons. The molecule has 2 atom stereocenters. The van der Waals surface area contributed by atoms with Gasteiger partial charge in [0.25, 0.3) is 0 Å². The minimum absolute atomic E-state index is 0.0284. The van der Waals surface area contributed by atoms with Crippen LogP contribution in [0.25, 0.3) is 0 Å². The Morgan fingerprint density at radius 3 is 1.37 bits per heavy atom. The van der Waals surface area contributed by atoms with Crippen molar-refractivity contribution in [3.05, 3.63) is 48.6 Å². The number of rotatable bonds is 46. The molecule has 0 aliphatic carbocycles. The van der Waals surface area contributed by atoms with E-state index in [4.69, 9.17) is 18.5 Å². The van der Waals surface area contributed by atoms with Crippen molar-refractivity contribution in [2.24, 2.45) is 0 Å². The maximum absolute atomic E-state index is 12.7. The zero-order valence-corrected chi connectivity index (χ0v) is 41.7. The van der Waals surface area contributed by atoms with Gasteiger partial charge in [-0.15, -0.1) is 0 Å². The number of nitrogens with zero attached hydrogens (tertiary/aromatic N) is 1. The molecule has 0 radical (unpaired) electrons.